The topological polar surface area (TPSA) is 82.3 Å². The number of rotatable bonds is 6. The van der Waals surface area contributed by atoms with E-state index < -0.39 is 4.92 Å². The number of carbonyl (C=O) groups is 1. The summed E-state index contributed by atoms with van der Waals surface area (Å²) in [7, 11) is 8.04. The number of amides is 1. The fourth-order valence-corrected chi connectivity index (χ4v) is 5.40. The number of benzene rings is 3. The Morgan fingerprint density at radius 2 is 1.51 bits per heavy atom. The van der Waals surface area contributed by atoms with E-state index in [1.807, 2.05) is 33.1 Å². The molecule has 1 saturated carbocycles. The molecule has 0 radical (unpaired) electrons. The third-order valence-electron chi connectivity index (χ3n) is 7.54. The zero-order valence-corrected chi connectivity index (χ0v) is 22.7. The summed E-state index contributed by atoms with van der Waals surface area (Å²) in [4.78, 5) is 28.6. The highest BCUT2D eigenvalue weighted by molar-refractivity contribution is 6.09. The predicted molar refractivity (Wildman–Crippen MR) is 156 cm³/mol. The smallest absolute Gasteiger partial charge is 0.274 e. The molecule has 0 unspecified atom stereocenters. The van der Waals surface area contributed by atoms with Gasteiger partial charge >= 0.3 is 0 Å². The molecule has 3 aromatic rings. The number of hydrogen-bond acceptors (Lipinski definition) is 6. The van der Waals surface area contributed by atoms with Crippen LogP contribution in [0.2, 0.25) is 0 Å². The Labute approximate surface area is 229 Å². The van der Waals surface area contributed by atoms with Gasteiger partial charge in [-0.25, -0.2) is 5.01 Å². The molecule has 8 nitrogen and oxygen atoms in total. The first-order valence-corrected chi connectivity index (χ1v) is 13.1. The predicted octanol–water partition coefficient (Wildman–Crippen LogP) is 6.16. The molecule has 2 atom stereocenters. The van der Waals surface area contributed by atoms with Crippen molar-refractivity contribution in [2.75, 3.05) is 38.0 Å². The van der Waals surface area contributed by atoms with Crippen molar-refractivity contribution < 1.29 is 9.72 Å². The Bertz CT molecular complexity index is 1420. The van der Waals surface area contributed by atoms with Gasteiger partial charge in [-0.15, -0.1) is 0 Å². The average Bonchev–Trinajstić information content (AvgIpc) is 3.33. The van der Waals surface area contributed by atoms with Crippen LogP contribution >= 0.6 is 0 Å². The van der Waals surface area contributed by atoms with Crippen molar-refractivity contribution in [2.24, 2.45) is 11.0 Å². The van der Waals surface area contributed by atoms with E-state index >= 15 is 0 Å². The molecule has 1 aliphatic heterocycles. The van der Waals surface area contributed by atoms with Crippen molar-refractivity contribution in [1.82, 2.24) is 5.01 Å². The first kappa shape index (κ1) is 26.2. The van der Waals surface area contributed by atoms with Crippen molar-refractivity contribution in [3.8, 4) is 0 Å². The fraction of sp³-hybridized carbons (Fsp3) is 0.290. The lowest BCUT2D eigenvalue weighted by Crippen LogP contribution is -2.32. The number of non-ortho nitro benzene ring substituents is 1. The minimum Gasteiger partial charge on any atom is -0.378 e. The molecule has 0 N–H and O–H groups in total. The number of hydrazone groups is 1. The Kier molecular flexibility index (Phi) is 7.19. The van der Waals surface area contributed by atoms with Crippen LogP contribution in [0.5, 0.6) is 0 Å². The van der Waals surface area contributed by atoms with Gasteiger partial charge in [-0.2, -0.15) is 5.10 Å². The van der Waals surface area contributed by atoms with E-state index in [9.17, 15) is 14.9 Å². The molecule has 1 aliphatic carbocycles. The van der Waals surface area contributed by atoms with Gasteiger partial charge in [-0.3, -0.25) is 14.9 Å². The van der Waals surface area contributed by atoms with Crippen LogP contribution in [0.15, 0.2) is 83.5 Å². The molecule has 1 amide bonds. The van der Waals surface area contributed by atoms with Crippen molar-refractivity contribution in [3.63, 3.8) is 0 Å². The van der Waals surface area contributed by atoms with Crippen LogP contribution in [0.4, 0.5) is 17.1 Å². The minimum atomic E-state index is -0.462. The van der Waals surface area contributed by atoms with Gasteiger partial charge in [0.15, 0.2) is 0 Å². The molecule has 39 heavy (non-hydrogen) atoms. The van der Waals surface area contributed by atoms with E-state index in [0.29, 0.717) is 5.56 Å². The summed E-state index contributed by atoms with van der Waals surface area (Å²) in [6, 6.07) is 22.2. The standard InChI is InChI=1S/C31H33N5O3/c1-33(2)25-14-8-21(9-15-25)20-24-6-5-7-28-29(24)32-35(30(28)22-10-16-26(17-11-22)34(3)4)31(37)23-12-18-27(19-13-23)36(38)39/h8-20,28,30H,5-7H2,1-4H3/b24-20-/t28-,30-/m1/s1. The lowest BCUT2D eigenvalue weighted by Gasteiger charge is -2.30. The second-order valence-corrected chi connectivity index (χ2v) is 10.5. The number of allylic oxidation sites excluding steroid dienone is 1. The first-order valence-electron chi connectivity index (χ1n) is 13.1. The van der Waals surface area contributed by atoms with Crippen LogP contribution in [-0.2, 0) is 0 Å². The zero-order valence-electron chi connectivity index (χ0n) is 22.7. The van der Waals surface area contributed by atoms with Gasteiger partial charge in [-0.05, 0) is 78.4 Å². The molecule has 200 valence electrons. The van der Waals surface area contributed by atoms with Crippen LogP contribution in [0.3, 0.4) is 0 Å². The molecule has 3 aromatic carbocycles. The van der Waals surface area contributed by atoms with Gasteiger partial charge < -0.3 is 9.80 Å². The number of carbonyl (C=O) groups excluding carboxylic acids is 1. The monoisotopic (exact) mass is 523 g/mol. The second kappa shape index (κ2) is 10.7. The Balaban J connectivity index is 1.54. The summed E-state index contributed by atoms with van der Waals surface area (Å²) >= 11 is 0. The zero-order chi connectivity index (χ0) is 27.7. The summed E-state index contributed by atoms with van der Waals surface area (Å²) in [6.45, 7) is 0. The lowest BCUT2D eigenvalue weighted by atomic mass is 9.77. The van der Waals surface area contributed by atoms with Gasteiger partial charge in [0.25, 0.3) is 11.6 Å². The summed E-state index contributed by atoms with van der Waals surface area (Å²) in [5, 5.41) is 17.7. The van der Waals surface area contributed by atoms with Gasteiger partial charge in [0.05, 0.1) is 16.7 Å². The van der Waals surface area contributed by atoms with Crippen molar-refractivity contribution >= 4 is 34.8 Å². The maximum Gasteiger partial charge on any atom is 0.274 e. The number of nitro groups is 1. The lowest BCUT2D eigenvalue weighted by molar-refractivity contribution is -0.384. The van der Waals surface area contributed by atoms with Crippen LogP contribution in [-0.4, -0.2) is 49.7 Å². The first-order chi connectivity index (χ1) is 18.7. The molecule has 0 spiro atoms. The van der Waals surface area contributed by atoms with Crippen LogP contribution in [0.25, 0.3) is 6.08 Å². The molecule has 5 rings (SSSR count). The fourth-order valence-electron chi connectivity index (χ4n) is 5.40. The SMILES string of the molecule is CN(C)c1ccc(/C=C2/CCC[C@@H]3C2=NN(C(=O)c2ccc([N+](=O)[O-])cc2)[C@@H]3c2ccc(N(C)C)cc2)cc1. The maximum atomic E-state index is 13.8. The van der Waals surface area contributed by atoms with E-state index in [4.69, 9.17) is 5.10 Å². The summed E-state index contributed by atoms with van der Waals surface area (Å²) in [5.41, 5.74) is 6.78. The Morgan fingerprint density at radius 1 is 0.923 bits per heavy atom. The third kappa shape index (κ3) is 5.27. The quantitative estimate of drug-likeness (QED) is 0.285. The molecular weight excluding hydrogens is 490 g/mol. The third-order valence-corrected chi connectivity index (χ3v) is 7.54. The highest BCUT2D eigenvalue weighted by atomic mass is 16.6. The Hall–Kier alpha value is -4.46. The van der Waals surface area contributed by atoms with Gasteiger partial charge in [0.2, 0.25) is 0 Å². The molecular formula is C31H33N5O3. The number of nitro benzene ring substituents is 1. The van der Waals surface area contributed by atoms with E-state index in [1.165, 1.54) is 24.3 Å². The molecule has 1 fully saturated rings. The van der Waals surface area contributed by atoms with Crippen LogP contribution in [0.1, 0.15) is 46.8 Å². The number of anilines is 2. The molecule has 0 aromatic heterocycles. The van der Waals surface area contributed by atoms with E-state index in [0.717, 1.165) is 53.0 Å². The number of nitrogens with zero attached hydrogens (tertiary/aromatic N) is 5. The van der Waals surface area contributed by atoms with E-state index in [1.54, 1.807) is 5.01 Å². The van der Waals surface area contributed by atoms with Crippen molar-refractivity contribution in [3.05, 3.63) is 105 Å². The summed E-state index contributed by atoms with van der Waals surface area (Å²) in [5.74, 6) is -0.193. The molecule has 0 bridgehead atoms. The molecule has 0 saturated heterocycles. The average molecular weight is 524 g/mol. The summed E-state index contributed by atoms with van der Waals surface area (Å²) < 4.78 is 0. The molecule has 2 aliphatic rings. The second-order valence-electron chi connectivity index (χ2n) is 10.5. The van der Waals surface area contributed by atoms with Gasteiger partial charge in [0.1, 0.15) is 0 Å². The molecule has 1 heterocycles. The van der Waals surface area contributed by atoms with Crippen LogP contribution < -0.4 is 9.80 Å². The van der Waals surface area contributed by atoms with Gasteiger partial charge in [0, 0.05) is 63.2 Å². The van der Waals surface area contributed by atoms with E-state index in [2.05, 4.69) is 59.5 Å². The summed E-state index contributed by atoms with van der Waals surface area (Å²) in [6.07, 6.45) is 5.03. The van der Waals surface area contributed by atoms with Crippen molar-refractivity contribution in [1.29, 1.82) is 0 Å². The highest BCUT2D eigenvalue weighted by Crippen LogP contribution is 2.45. The Morgan fingerprint density at radius 3 is 2.08 bits per heavy atom. The minimum absolute atomic E-state index is 0.0470. The highest BCUT2D eigenvalue weighted by Gasteiger charge is 2.44. The maximum absolute atomic E-state index is 13.8. The van der Waals surface area contributed by atoms with Gasteiger partial charge in [-0.1, -0.05) is 24.3 Å². The number of hydrogen-bond donors (Lipinski definition) is 0. The number of fused-ring (bicyclic) bond motifs is 1. The van der Waals surface area contributed by atoms with E-state index in [-0.39, 0.29) is 23.6 Å². The van der Waals surface area contributed by atoms with Crippen molar-refractivity contribution in [2.45, 2.75) is 25.3 Å². The normalized spacial score (nSPS) is 19.4. The largest absolute Gasteiger partial charge is 0.378 e. The molecule has 8 heteroatoms. The van der Waals surface area contributed by atoms with Crippen LogP contribution in [0, 0.1) is 16.0 Å².